The Morgan fingerprint density at radius 2 is 2.28 bits per heavy atom. The Morgan fingerprint density at radius 3 is 2.94 bits per heavy atom. The molecular weight excluding hydrogens is 236 g/mol. The van der Waals surface area contributed by atoms with Crippen LogP contribution in [-0.2, 0) is 4.79 Å². The van der Waals surface area contributed by atoms with Crippen LogP contribution in [0.4, 0.5) is 11.5 Å². The zero-order chi connectivity index (χ0) is 13.0. The Balaban J connectivity index is 1.74. The molecule has 2 rings (SSSR count). The molecule has 0 aromatic carbocycles. The smallest absolute Gasteiger partial charge is 0.274 e. The van der Waals surface area contributed by atoms with Crippen molar-refractivity contribution in [3.05, 3.63) is 28.4 Å². The summed E-state index contributed by atoms with van der Waals surface area (Å²) in [6, 6.07) is 2.70. The van der Waals surface area contributed by atoms with Gasteiger partial charge in [0.15, 0.2) is 0 Å². The largest absolute Gasteiger partial charge is 0.368 e. The fourth-order valence-corrected chi connectivity index (χ4v) is 1.50. The van der Waals surface area contributed by atoms with E-state index in [-0.39, 0.29) is 17.5 Å². The maximum absolute atomic E-state index is 11.3. The lowest BCUT2D eigenvalue weighted by molar-refractivity contribution is -0.384. The lowest BCUT2D eigenvalue weighted by atomic mass is 10.4. The number of aromatic nitrogens is 1. The summed E-state index contributed by atoms with van der Waals surface area (Å²) in [4.78, 5) is 25.4. The van der Waals surface area contributed by atoms with Gasteiger partial charge in [0.1, 0.15) is 5.82 Å². The number of carbonyl (C=O) groups is 1. The predicted octanol–water partition coefficient (Wildman–Crippen LogP) is 0.928. The zero-order valence-electron chi connectivity index (χ0n) is 9.76. The first kappa shape index (κ1) is 12.3. The van der Waals surface area contributed by atoms with Crippen LogP contribution in [0.15, 0.2) is 18.3 Å². The molecule has 0 spiro atoms. The predicted molar refractivity (Wildman–Crippen MR) is 65.1 cm³/mol. The van der Waals surface area contributed by atoms with Crippen LogP contribution in [0.5, 0.6) is 0 Å². The number of rotatable bonds is 6. The molecule has 1 amide bonds. The van der Waals surface area contributed by atoms with Crippen LogP contribution >= 0.6 is 0 Å². The van der Waals surface area contributed by atoms with Crippen LogP contribution in [0.3, 0.4) is 0 Å². The van der Waals surface area contributed by atoms with Crippen LogP contribution < -0.4 is 10.6 Å². The molecular formula is C11H14N4O3. The number of nitrogens with zero attached hydrogens (tertiary/aromatic N) is 2. The SMILES string of the molecule is O=C(NCCNc1cc([N+](=O)[O-])ccn1)C1CC1. The van der Waals surface area contributed by atoms with Crippen molar-refractivity contribution in [3.63, 3.8) is 0 Å². The lowest BCUT2D eigenvalue weighted by Gasteiger charge is -2.06. The van der Waals surface area contributed by atoms with E-state index in [0.29, 0.717) is 18.9 Å². The van der Waals surface area contributed by atoms with Crippen LogP contribution in [0, 0.1) is 16.0 Å². The van der Waals surface area contributed by atoms with Gasteiger partial charge < -0.3 is 10.6 Å². The van der Waals surface area contributed by atoms with Crippen molar-refractivity contribution in [2.75, 3.05) is 18.4 Å². The average molecular weight is 250 g/mol. The summed E-state index contributed by atoms with van der Waals surface area (Å²) in [7, 11) is 0. The Morgan fingerprint density at radius 1 is 1.50 bits per heavy atom. The van der Waals surface area contributed by atoms with Gasteiger partial charge in [0, 0.05) is 31.3 Å². The van der Waals surface area contributed by atoms with Crippen molar-refractivity contribution >= 4 is 17.4 Å². The van der Waals surface area contributed by atoms with E-state index in [9.17, 15) is 14.9 Å². The summed E-state index contributed by atoms with van der Waals surface area (Å²) < 4.78 is 0. The van der Waals surface area contributed by atoms with Gasteiger partial charge in [-0.2, -0.15) is 0 Å². The van der Waals surface area contributed by atoms with E-state index in [1.165, 1.54) is 18.3 Å². The molecule has 0 atom stereocenters. The molecule has 2 N–H and O–H groups in total. The molecule has 1 saturated carbocycles. The van der Waals surface area contributed by atoms with Gasteiger partial charge in [-0.1, -0.05) is 0 Å². The number of hydrogen-bond acceptors (Lipinski definition) is 5. The molecule has 1 aromatic rings. The van der Waals surface area contributed by atoms with Crippen molar-refractivity contribution in [2.24, 2.45) is 5.92 Å². The third-order valence-corrected chi connectivity index (χ3v) is 2.63. The standard InChI is InChI=1S/C11H14N4O3/c16-11(8-1-2-8)14-6-5-13-10-7-9(15(17)18)3-4-12-10/h3-4,7-8H,1-2,5-6H2,(H,12,13)(H,14,16). The second kappa shape index (κ2) is 5.44. The molecule has 1 aromatic heterocycles. The maximum atomic E-state index is 11.3. The second-order valence-corrected chi connectivity index (χ2v) is 4.15. The highest BCUT2D eigenvalue weighted by Gasteiger charge is 2.28. The Labute approximate surface area is 104 Å². The monoisotopic (exact) mass is 250 g/mol. The topological polar surface area (TPSA) is 97.2 Å². The van der Waals surface area contributed by atoms with Gasteiger partial charge >= 0.3 is 0 Å². The lowest BCUT2D eigenvalue weighted by Crippen LogP contribution is -2.29. The van der Waals surface area contributed by atoms with E-state index in [1.807, 2.05) is 0 Å². The fraction of sp³-hybridized carbons (Fsp3) is 0.455. The van der Waals surface area contributed by atoms with E-state index < -0.39 is 4.92 Å². The number of pyridine rings is 1. The summed E-state index contributed by atoms with van der Waals surface area (Å²) >= 11 is 0. The van der Waals surface area contributed by atoms with Crippen molar-refractivity contribution in [3.8, 4) is 0 Å². The molecule has 7 heteroatoms. The molecule has 0 saturated heterocycles. The summed E-state index contributed by atoms with van der Waals surface area (Å²) in [5.74, 6) is 0.717. The average Bonchev–Trinajstić information content (AvgIpc) is 3.19. The minimum absolute atomic E-state index is 0.00508. The highest BCUT2D eigenvalue weighted by molar-refractivity contribution is 5.80. The first-order valence-electron chi connectivity index (χ1n) is 5.79. The number of nitrogens with one attached hydrogen (secondary N) is 2. The first-order chi connectivity index (χ1) is 8.66. The Kier molecular flexibility index (Phi) is 3.71. The molecule has 1 aliphatic rings. The minimum Gasteiger partial charge on any atom is -0.368 e. The summed E-state index contributed by atoms with van der Waals surface area (Å²) in [6.45, 7) is 0.979. The Hall–Kier alpha value is -2.18. The van der Waals surface area contributed by atoms with Gasteiger partial charge in [-0.3, -0.25) is 14.9 Å². The molecule has 0 radical (unpaired) electrons. The minimum atomic E-state index is -0.471. The van der Waals surface area contributed by atoms with Crippen LogP contribution in [0.2, 0.25) is 0 Å². The van der Waals surface area contributed by atoms with Crippen LogP contribution in [0.1, 0.15) is 12.8 Å². The quantitative estimate of drug-likeness (QED) is 0.444. The van der Waals surface area contributed by atoms with Gasteiger partial charge in [-0.05, 0) is 12.8 Å². The van der Waals surface area contributed by atoms with Gasteiger partial charge in [0.2, 0.25) is 5.91 Å². The fourth-order valence-electron chi connectivity index (χ4n) is 1.50. The third kappa shape index (κ3) is 3.41. The van der Waals surface area contributed by atoms with Gasteiger partial charge in [-0.15, -0.1) is 0 Å². The highest BCUT2D eigenvalue weighted by Crippen LogP contribution is 2.28. The Bertz CT molecular complexity index is 459. The van der Waals surface area contributed by atoms with E-state index in [4.69, 9.17) is 0 Å². The van der Waals surface area contributed by atoms with Gasteiger partial charge in [-0.25, -0.2) is 4.98 Å². The molecule has 0 bridgehead atoms. The van der Waals surface area contributed by atoms with Crippen molar-refractivity contribution in [2.45, 2.75) is 12.8 Å². The van der Waals surface area contributed by atoms with Crippen LogP contribution in [-0.4, -0.2) is 28.9 Å². The van der Waals surface area contributed by atoms with Crippen molar-refractivity contribution in [1.82, 2.24) is 10.3 Å². The number of anilines is 1. The van der Waals surface area contributed by atoms with Crippen molar-refractivity contribution < 1.29 is 9.72 Å². The molecule has 18 heavy (non-hydrogen) atoms. The summed E-state index contributed by atoms with van der Waals surface area (Å²) in [5.41, 5.74) is -0.00508. The van der Waals surface area contributed by atoms with Gasteiger partial charge in [0.25, 0.3) is 5.69 Å². The number of carbonyl (C=O) groups excluding carboxylic acids is 1. The molecule has 7 nitrogen and oxygen atoms in total. The molecule has 1 fully saturated rings. The number of hydrogen-bond donors (Lipinski definition) is 2. The second-order valence-electron chi connectivity index (χ2n) is 4.15. The first-order valence-corrected chi connectivity index (χ1v) is 5.79. The van der Waals surface area contributed by atoms with E-state index in [1.54, 1.807) is 0 Å². The van der Waals surface area contributed by atoms with Crippen molar-refractivity contribution in [1.29, 1.82) is 0 Å². The van der Waals surface area contributed by atoms with E-state index in [0.717, 1.165) is 12.8 Å². The van der Waals surface area contributed by atoms with Gasteiger partial charge in [0.05, 0.1) is 11.0 Å². The van der Waals surface area contributed by atoms with Crippen LogP contribution in [0.25, 0.3) is 0 Å². The normalized spacial score (nSPS) is 14.0. The molecule has 96 valence electrons. The molecule has 0 aliphatic heterocycles. The highest BCUT2D eigenvalue weighted by atomic mass is 16.6. The van der Waals surface area contributed by atoms with E-state index in [2.05, 4.69) is 15.6 Å². The molecule has 1 heterocycles. The summed E-state index contributed by atoms with van der Waals surface area (Å²) in [6.07, 6.45) is 3.33. The molecule has 0 unspecified atom stereocenters. The summed E-state index contributed by atoms with van der Waals surface area (Å²) in [5, 5.41) is 16.3. The van der Waals surface area contributed by atoms with E-state index >= 15 is 0 Å². The third-order valence-electron chi connectivity index (χ3n) is 2.63. The zero-order valence-corrected chi connectivity index (χ0v) is 9.76. The maximum Gasteiger partial charge on any atom is 0.274 e. The molecule has 1 aliphatic carbocycles. The number of nitro groups is 1. The number of amides is 1.